The molecule has 0 aliphatic carbocycles. The number of alkyl halides is 3. The van der Waals surface area contributed by atoms with Crippen LogP contribution < -0.4 is 16.0 Å². The van der Waals surface area contributed by atoms with Gasteiger partial charge in [-0.05, 0) is 24.3 Å². The summed E-state index contributed by atoms with van der Waals surface area (Å²) < 4.78 is 37.0. The Hall–Kier alpha value is -1.76. The predicted octanol–water partition coefficient (Wildman–Crippen LogP) is 2.82. The molecule has 0 unspecified atom stereocenters. The van der Waals surface area contributed by atoms with Crippen LogP contribution in [-0.4, -0.2) is 25.2 Å². The Morgan fingerprint density at radius 1 is 1.15 bits per heavy atom. The van der Waals surface area contributed by atoms with E-state index in [9.17, 15) is 18.0 Å². The number of halogens is 3. The van der Waals surface area contributed by atoms with Crippen LogP contribution in [0.25, 0.3) is 0 Å². The van der Waals surface area contributed by atoms with Gasteiger partial charge in [-0.3, -0.25) is 0 Å². The summed E-state index contributed by atoms with van der Waals surface area (Å²) in [5.41, 5.74) is -0.433. The third kappa shape index (κ3) is 5.92. The second-order valence-corrected chi connectivity index (χ2v) is 4.56. The summed E-state index contributed by atoms with van der Waals surface area (Å²) in [5.74, 6) is 0. The summed E-state index contributed by atoms with van der Waals surface area (Å²) in [6, 6.07) is 4.17. The highest BCUT2D eigenvalue weighted by molar-refractivity contribution is 5.89. The monoisotopic (exact) mass is 289 g/mol. The molecule has 0 aliphatic rings. The average Bonchev–Trinajstić information content (AvgIpc) is 2.34. The molecule has 1 aromatic rings. The van der Waals surface area contributed by atoms with Crippen LogP contribution in [0, 0.1) is 0 Å². The van der Waals surface area contributed by atoms with Crippen LogP contribution in [-0.2, 0) is 6.18 Å². The van der Waals surface area contributed by atoms with E-state index < -0.39 is 17.8 Å². The smallest absolute Gasteiger partial charge is 0.337 e. The van der Waals surface area contributed by atoms with E-state index in [1.165, 1.54) is 12.1 Å². The topological polar surface area (TPSA) is 53.2 Å². The first kappa shape index (κ1) is 16.3. The van der Waals surface area contributed by atoms with Crippen LogP contribution in [0.15, 0.2) is 24.3 Å². The molecule has 112 valence electrons. The number of hydrogen-bond donors (Lipinski definition) is 3. The molecule has 0 bridgehead atoms. The Balaban J connectivity index is 2.39. The van der Waals surface area contributed by atoms with Gasteiger partial charge in [0.2, 0.25) is 0 Å². The van der Waals surface area contributed by atoms with Gasteiger partial charge < -0.3 is 16.0 Å². The van der Waals surface area contributed by atoms with Crippen LogP contribution in [0.2, 0.25) is 0 Å². The van der Waals surface area contributed by atoms with Gasteiger partial charge in [-0.25, -0.2) is 4.79 Å². The fourth-order valence-corrected chi connectivity index (χ4v) is 1.45. The van der Waals surface area contributed by atoms with Gasteiger partial charge in [-0.1, -0.05) is 13.8 Å². The summed E-state index contributed by atoms with van der Waals surface area (Å²) >= 11 is 0. The van der Waals surface area contributed by atoms with E-state index in [4.69, 9.17) is 0 Å². The summed E-state index contributed by atoms with van der Waals surface area (Å²) in [6.45, 7) is 5.04. The SMILES string of the molecule is CC(C)NCCNC(=O)Nc1ccc(C(F)(F)F)cc1. The molecule has 1 aromatic carbocycles. The average molecular weight is 289 g/mol. The van der Waals surface area contributed by atoms with Gasteiger partial charge in [0.1, 0.15) is 0 Å². The van der Waals surface area contributed by atoms with Crippen molar-refractivity contribution in [2.75, 3.05) is 18.4 Å². The quantitative estimate of drug-likeness (QED) is 0.730. The maximum Gasteiger partial charge on any atom is 0.416 e. The van der Waals surface area contributed by atoms with Crippen molar-refractivity contribution in [2.45, 2.75) is 26.1 Å². The fraction of sp³-hybridized carbons (Fsp3) is 0.462. The Morgan fingerprint density at radius 2 is 1.75 bits per heavy atom. The molecule has 0 heterocycles. The van der Waals surface area contributed by atoms with Crippen molar-refractivity contribution in [3.63, 3.8) is 0 Å². The standard InChI is InChI=1S/C13H18F3N3O/c1-9(2)17-7-8-18-12(20)19-11-5-3-10(4-6-11)13(14,15)16/h3-6,9,17H,7-8H2,1-2H3,(H2,18,19,20). The zero-order valence-corrected chi connectivity index (χ0v) is 11.3. The largest absolute Gasteiger partial charge is 0.416 e. The van der Waals surface area contributed by atoms with E-state index in [0.717, 1.165) is 12.1 Å². The van der Waals surface area contributed by atoms with Crippen molar-refractivity contribution < 1.29 is 18.0 Å². The molecule has 4 nitrogen and oxygen atoms in total. The lowest BCUT2D eigenvalue weighted by Gasteiger charge is -2.11. The number of benzene rings is 1. The summed E-state index contributed by atoms with van der Waals surface area (Å²) in [5, 5.41) is 8.18. The molecular formula is C13H18F3N3O. The van der Waals surface area contributed by atoms with Crippen molar-refractivity contribution in [1.82, 2.24) is 10.6 Å². The third-order valence-corrected chi connectivity index (χ3v) is 2.43. The zero-order valence-electron chi connectivity index (χ0n) is 11.3. The Morgan fingerprint density at radius 3 is 2.25 bits per heavy atom. The van der Waals surface area contributed by atoms with Crippen LogP contribution in [0.5, 0.6) is 0 Å². The van der Waals surface area contributed by atoms with Gasteiger partial charge in [0.25, 0.3) is 0 Å². The maximum absolute atomic E-state index is 12.3. The van der Waals surface area contributed by atoms with Crippen LogP contribution in [0.4, 0.5) is 23.7 Å². The molecule has 0 aromatic heterocycles. The number of carbonyl (C=O) groups is 1. The number of hydrogen-bond acceptors (Lipinski definition) is 2. The second kappa shape index (κ2) is 7.14. The molecule has 0 atom stereocenters. The number of amides is 2. The number of carbonyl (C=O) groups excluding carboxylic acids is 1. The molecule has 0 radical (unpaired) electrons. The van der Waals surface area contributed by atoms with Gasteiger partial charge in [0.15, 0.2) is 0 Å². The molecular weight excluding hydrogens is 271 g/mol. The molecule has 2 amide bonds. The molecule has 20 heavy (non-hydrogen) atoms. The molecule has 0 spiro atoms. The molecule has 7 heteroatoms. The van der Waals surface area contributed by atoms with Crippen molar-refractivity contribution in [3.8, 4) is 0 Å². The highest BCUT2D eigenvalue weighted by Gasteiger charge is 2.29. The summed E-state index contributed by atoms with van der Waals surface area (Å²) in [6.07, 6.45) is -4.37. The minimum atomic E-state index is -4.37. The minimum Gasteiger partial charge on any atom is -0.337 e. The van der Waals surface area contributed by atoms with Crippen LogP contribution >= 0.6 is 0 Å². The second-order valence-electron chi connectivity index (χ2n) is 4.56. The van der Waals surface area contributed by atoms with Crippen molar-refractivity contribution >= 4 is 11.7 Å². The van der Waals surface area contributed by atoms with Gasteiger partial charge in [-0.2, -0.15) is 13.2 Å². The van der Waals surface area contributed by atoms with Crippen molar-refractivity contribution in [2.24, 2.45) is 0 Å². The summed E-state index contributed by atoms with van der Waals surface area (Å²) in [4.78, 5) is 11.5. The first-order valence-electron chi connectivity index (χ1n) is 6.24. The van der Waals surface area contributed by atoms with E-state index in [1.54, 1.807) is 0 Å². The number of nitrogens with one attached hydrogen (secondary N) is 3. The molecule has 0 saturated heterocycles. The van der Waals surface area contributed by atoms with Gasteiger partial charge in [-0.15, -0.1) is 0 Å². The highest BCUT2D eigenvalue weighted by Crippen LogP contribution is 2.29. The molecule has 0 aliphatic heterocycles. The van der Waals surface area contributed by atoms with Crippen molar-refractivity contribution in [1.29, 1.82) is 0 Å². The lowest BCUT2D eigenvalue weighted by Crippen LogP contribution is -2.36. The number of anilines is 1. The van der Waals surface area contributed by atoms with Crippen LogP contribution in [0.1, 0.15) is 19.4 Å². The number of rotatable bonds is 5. The third-order valence-electron chi connectivity index (χ3n) is 2.43. The lowest BCUT2D eigenvalue weighted by molar-refractivity contribution is -0.137. The zero-order chi connectivity index (χ0) is 15.2. The summed E-state index contributed by atoms with van der Waals surface area (Å²) in [7, 11) is 0. The van der Waals surface area contributed by atoms with E-state index >= 15 is 0 Å². The van der Waals surface area contributed by atoms with Gasteiger partial charge in [0, 0.05) is 24.8 Å². The Bertz CT molecular complexity index is 429. The van der Waals surface area contributed by atoms with E-state index in [-0.39, 0.29) is 0 Å². The Kier molecular flexibility index (Phi) is 5.82. The molecule has 3 N–H and O–H groups in total. The van der Waals surface area contributed by atoms with E-state index in [0.29, 0.717) is 24.8 Å². The maximum atomic E-state index is 12.3. The van der Waals surface area contributed by atoms with E-state index in [2.05, 4.69) is 16.0 Å². The predicted molar refractivity (Wildman–Crippen MR) is 71.6 cm³/mol. The minimum absolute atomic E-state index is 0.312. The van der Waals surface area contributed by atoms with Crippen LogP contribution in [0.3, 0.4) is 0 Å². The first-order chi connectivity index (χ1) is 9.29. The Labute approximate surface area is 115 Å². The normalized spacial score (nSPS) is 11.5. The molecule has 1 rings (SSSR count). The van der Waals surface area contributed by atoms with Gasteiger partial charge >= 0.3 is 12.2 Å². The lowest BCUT2D eigenvalue weighted by atomic mass is 10.2. The highest BCUT2D eigenvalue weighted by atomic mass is 19.4. The van der Waals surface area contributed by atoms with Gasteiger partial charge in [0.05, 0.1) is 5.56 Å². The fourth-order valence-electron chi connectivity index (χ4n) is 1.45. The van der Waals surface area contributed by atoms with Crippen molar-refractivity contribution in [3.05, 3.63) is 29.8 Å². The molecule has 0 saturated carbocycles. The number of urea groups is 1. The van der Waals surface area contributed by atoms with E-state index in [1.807, 2.05) is 13.8 Å². The molecule has 0 fully saturated rings. The first-order valence-corrected chi connectivity index (χ1v) is 6.24.